The first-order valence-electron chi connectivity index (χ1n) is 6.10. The van der Waals surface area contributed by atoms with Gasteiger partial charge in [-0.25, -0.2) is 0 Å². The van der Waals surface area contributed by atoms with Gasteiger partial charge in [-0.15, -0.1) is 0 Å². The summed E-state index contributed by atoms with van der Waals surface area (Å²) in [5.74, 6) is -0.735. The van der Waals surface area contributed by atoms with Crippen molar-refractivity contribution in [1.29, 1.82) is 0 Å². The Labute approximate surface area is 102 Å². The molecule has 17 heavy (non-hydrogen) atoms. The van der Waals surface area contributed by atoms with Gasteiger partial charge in [0, 0.05) is 12.8 Å². The number of rotatable bonds is 4. The van der Waals surface area contributed by atoms with E-state index in [1.54, 1.807) is 6.92 Å². The number of Topliss-reactive ketones (excluding diaryl/α,β-unsaturated/α-hetero) is 2. The van der Waals surface area contributed by atoms with Crippen molar-refractivity contribution >= 4 is 17.5 Å². The number of hydrogen-bond donors (Lipinski definition) is 0. The molecule has 96 valence electrons. The van der Waals surface area contributed by atoms with E-state index < -0.39 is 11.4 Å². The van der Waals surface area contributed by atoms with Gasteiger partial charge in [0.15, 0.2) is 0 Å². The van der Waals surface area contributed by atoms with E-state index >= 15 is 0 Å². The first-order chi connectivity index (χ1) is 7.98. The lowest BCUT2D eigenvalue weighted by Gasteiger charge is -2.37. The fourth-order valence-corrected chi connectivity index (χ4v) is 2.91. The van der Waals surface area contributed by atoms with E-state index in [9.17, 15) is 14.4 Å². The smallest absolute Gasteiger partial charge is 0.319 e. The van der Waals surface area contributed by atoms with Gasteiger partial charge in [-0.1, -0.05) is 6.92 Å². The molecule has 0 aliphatic heterocycles. The molecule has 4 nitrogen and oxygen atoms in total. The molecule has 1 rings (SSSR count). The van der Waals surface area contributed by atoms with Gasteiger partial charge in [0.2, 0.25) is 0 Å². The van der Waals surface area contributed by atoms with Crippen molar-refractivity contribution < 1.29 is 19.1 Å². The molecule has 0 amide bonds. The Bertz CT molecular complexity index is 334. The Morgan fingerprint density at radius 2 is 2.12 bits per heavy atom. The lowest BCUT2D eigenvalue weighted by atomic mass is 9.65. The van der Waals surface area contributed by atoms with Crippen molar-refractivity contribution in [3.05, 3.63) is 0 Å². The predicted molar refractivity (Wildman–Crippen MR) is 62.4 cm³/mol. The minimum absolute atomic E-state index is 0.143. The van der Waals surface area contributed by atoms with Crippen LogP contribution in [0.25, 0.3) is 0 Å². The van der Waals surface area contributed by atoms with Gasteiger partial charge < -0.3 is 4.74 Å². The van der Waals surface area contributed by atoms with E-state index in [2.05, 4.69) is 0 Å². The third-order valence-electron chi connectivity index (χ3n) is 3.91. The van der Waals surface area contributed by atoms with E-state index in [0.717, 1.165) is 12.8 Å². The number of esters is 1. The molecule has 0 saturated heterocycles. The molecule has 0 heterocycles. The zero-order valence-electron chi connectivity index (χ0n) is 10.7. The van der Waals surface area contributed by atoms with Gasteiger partial charge in [-0.05, 0) is 32.1 Å². The summed E-state index contributed by atoms with van der Waals surface area (Å²) in [5.41, 5.74) is -1.12. The van der Waals surface area contributed by atoms with Crippen molar-refractivity contribution in [2.24, 2.45) is 11.3 Å². The summed E-state index contributed by atoms with van der Waals surface area (Å²) in [7, 11) is 1.29. The molecule has 1 saturated carbocycles. The van der Waals surface area contributed by atoms with Gasteiger partial charge in [-0.2, -0.15) is 0 Å². The van der Waals surface area contributed by atoms with E-state index in [0.29, 0.717) is 19.3 Å². The molecule has 0 unspecified atom stereocenters. The third kappa shape index (κ3) is 2.40. The highest BCUT2D eigenvalue weighted by atomic mass is 16.5. The van der Waals surface area contributed by atoms with Crippen LogP contribution in [-0.4, -0.2) is 24.6 Å². The predicted octanol–water partition coefficient (Wildman–Crippen LogP) is 1.90. The zero-order chi connectivity index (χ0) is 13.1. The fraction of sp³-hybridized carbons (Fsp3) is 0.769. The Morgan fingerprint density at radius 3 is 2.53 bits per heavy atom. The molecule has 0 N–H and O–H groups in total. The summed E-state index contributed by atoms with van der Waals surface area (Å²) in [6.07, 6.45) is 2.79. The maximum absolute atomic E-state index is 12.0. The number of carbonyl (C=O) groups is 3. The highest BCUT2D eigenvalue weighted by Crippen LogP contribution is 2.42. The minimum atomic E-state index is -1.12. The van der Waals surface area contributed by atoms with E-state index in [1.807, 2.05) is 0 Å². The summed E-state index contributed by atoms with van der Waals surface area (Å²) in [4.78, 5) is 35.4. The van der Waals surface area contributed by atoms with Crippen LogP contribution in [0.1, 0.15) is 46.0 Å². The Morgan fingerprint density at radius 1 is 1.47 bits per heavy atom. The maximum atomic E-state index is 12.0. The molecule has 2 atom stereocenters. The monoisotopic (exact) mass is 240 g/mol. The quantitative estimate of drug-likeness (QED) is 0.556. The van der Waals surface area contributed by atoms with Crippen molar-refractivity contribution in [3.63, 3.8) is 0 Å². The second-order valence-electron chi connectivity index (χ2n) is 4.70. The van der Waals surface area contributed by atoms with Gasteiger partial charge >= 0.3 is 5.97 Å². The molecule has 0 aromatic rings. The molecule has 0 bridgehead atoms. The highest BCUT2D eigenvalue weighted by molar-refractivity contribution is 6.03. The molecule has 1 fully saturated rings. The van der Waals surface area contributed by atoms with Crippen LogP contribution in [0.3, 0.4) is 0 Å². The molecular formula is C13H20O4. The van der Waals surface area contributed by atoms with Gasteiger partial charge in [0.1, 0.15) is 17.0 Å². The number of carbonyl (C=O) groups excluding carboxylic acids is 3. The average Bonchev–Trinajstić information content (AvgIpc) is 2.30. The van der Waals surface area contributed by atoms with Crippen LogP contribution in [0, 0.1) is 11.3 Å². The van der Waals surface area contributed by atoms with E-state index in [-0.39, 0.29) is 17.5 Å². The normalized spacial score (nSPS) is 23.9. The number of ether oxygens (including phenoxy) is 1. The average molecular weight is 240 g/mol. The Kier molecular flexibility index (Phi) is 4.43. The molecule has 0 radical (unpaired) electrons. The highest BCUT2D eigenvalue weighted by Gasteiger charge is 2.50. The van der Waals surface area contributed by atoms with Crippen molar-refractivity contribution in [2.45, 2.75) is 46.0 Å². The second-order valence-corrected chi connectivity index (χ2v) is 4.70. The summed E-state index contributed by atoms with van der Waals surface area (Å²) in [5, 5.41) is 0. The zero-order valence-corrected chi connectivity index (χ0v) is 10.7. The molecule has 0 spiro atoms. The molecule has 0 aromatic carbocycles. The first-order valence-corrected chi connectivity index (χ1v) is 6.10. The molecule has 0 aromatic heterocycles. The van der Waals surface area contributed by atoms with Crippen LogP contribution in [0.2, 0.25) is 0 Å². The largest absolute Gasteiger partial charge is 0.468 e. The van der Waals surface area contributed by atoms with Crippen LogP contribution >= 0.6 is 0 Å². The fourth-order valence-electron chi connectivity index (χ4n) is 2.91. The maximum Gasteiger partial charge on any atom is 0.319 e. The van der Waals surface area contributed by atoms with Gasteiger partial charge in [0.25, 0.3) is 0 Å². The van der Waals surface area contributed by atoms with Crippen molar-refractivity contribution in [2.75, 3.05) is 7.11 Å². The standard InChI is InChI=1S/C13H20O4/c1-4-13(9(2)14,12(16)17-3)10-6-5-7-11(15)8-10/h10H,4-8H2,1-3H3/t10-,13+/m1/s1. The molecular weight excluding hydrogens is 220 g/mol. The molecule has 4 heteroatoms. The number of hydrogen-bond acceptors (Lipinski definition) is 4. The van der Waals surface area contributed by atoms with Crippen LogP contribution in [0.4, 0.5) is 0 Å². The minimum Gasteiger partial charge on any atom is -0.468 e. The molecule has 1 aliphatic rings. The number of methoxy groups -OCH3 is 1. The van der Waals surface area contributed by atoms with Crippen LogP contribution in [-0.2, 0) is 19.1 Å². The van der Waals surface area contributed by atoms with E-state index in [1.165, 1.54) is 14.0 Å². The molecule has 1 aliphatic carbocycles. The Balaban J connectivity index is 3.08. The lowest BCUT2D eigenvalue weighted by Crippen LogP contribution is -2.46. The van der Waals surface area contributed by atoms with Crippen molar-refractivity contribution in [1.82, 2.24) is 0 Å². The topological polar surface area (TPSA) is 60.4 Å². The second kappa shape index (κ2) is 5.43. The van der Waals surface area contributed by atoms with Crippen LogP contribution < -0.4 is 0 Å². The lowest BCUT2D eigenvalue weighted by molar-refractivity contribution is -0.163. The SMILES string of the molecule is CC[C@@](C(C)=O)(C(=O)OC)[C@@H]1CCCC(=O)C1. The number of ketones is 2. The van der Waals surface area contributed by atoms with Crippen LogP contribution in [0.15, 0.2) is 0 Å². The van der Waals surface area contributed by atoms with Gasteiger partial charge in [0.05, 0.1) is 7.11 Å². The van der Waals surface area contributed by atoms with Crippen LogP contribution in [0.5, 0.6) is 0 Å². The Hall–Kier alpha value is -1.19. The van der Waals surface area contributed by atoms with E-state index in [4.69, 9.17) is 4.74 Å². The summed E-state index contributed by atoms with van der Waals surface area (Å²) in [6, 6.07) is 0. The first kappa shape index (κ1) is 13.9. The van der Waals surface area contributed by atoms with Crippen molar-refractivity contribution in [3.8, 4) is 0 Å². The summed E-state index contributed by atoms with van der Waals surface area (Å²) >= 11 is 0. The summed E-state index contributed by atoms with van der Waals surface area (Å²) in [6.45, 7) is 3.22. The van der Waals surface area contributed by atoms with Gasteiger partial charge in [-0.3, -0.25) is 14.4 Å². The summed E-state index contributed by atoms with van der Waals surface area (Å²) < 4.78 is 4.79. The third-order valence-corrected chi connectivity index (χ3v) is 3.91.